The van der Waals surface area contributed by atoms with Gasteiger partial charge in [0.15, 0.2) is 11.6 Å². The van der Waals surface area contributed by atoms with Crippen LogP contribution in [0.3, 0.4) is 0 Å². The summed E-state index contributed by atoms with van der Waals surface area (Å²) in [6.07, 6.45) is 8.60. The van der Waals surface area contributed by atoms with Crippen molar-refractivity contribution in [1.82, 2.24) is 17.7 Å². The van der Waals surface area contributed by atoms with E-state index in [-0.39, 0.29) is 40.0 Å². The van der Waals surface area contributed by atoms with Crippen LogP contribution in [0.4, 0.5) is 0 Å². The van der Waals surface area contributed by atoms with E-state index in [4.69, 9.17) is 9.59 Å². The number of ketones is 2. The quantitative estimate of drug-likeness (QED) is 0.148. The third kappa shape index (κ3) is 10.7. The SMILES string of the molecule is CCCn1c(C)c(Cc2ccc(S(=O)(=O)N3CCCC3)cc2)c2c1CC(C)(C)CC2=O.Cc1c(Cc2ccc(S(=O)(=O)N3CCCC3)cc2)c2c(n1CC(=O)O)CC(C)(C)CC2=O.O=C=O. The summed E-state index contributed by atoms with van der Waals surface area (Å²) < 4.78 is 58.4. The molecule has 1 N–H and O–H groups in total. The molecule has 356 valence electrons. The molecular weight excluding hydrogens is 881 g/mol. The van der Waals surface area contributed by atoms with Gasteiger partial charge < -0.3 is 14.2 Å². The lowest BCUT2D eigenvalue weighted by Gasteiger charge is -2.30. The first-order valence-electron chi connectivity index (χ1n) is 22.9. The second-order valence-corrected chi connectivity index (χ2v) is 23.6. The van der Waals surface area contributed by atoms with E-state index in [0.29, 0.717) is 68.7 Å². The molecule has 0 unspecified atom stereocenters. The summed E-state index contributed by atoms with van der Waals surface area (Å²) in [6, 6.07) is 14.1. The molecule has 0 atom stereocenters. The largest absolute Gasteiger partial charge is 0.480 e. The number of carboxylic acid groups (broad SMARTS) is 1. The van der Waals surface area contributed by atoms with Gasteiger partial charge in [0.2, 0.25) is 20.0 Å². The molecule has 2 aromatic carbocycles. The topological polar surface area (TPSA) is 190 Å². The van der Waals surface area contributed by atoms with Gasteiger partial charge in [0.05, 0.1) is 9.79 Å². The summed E-state index contributed by atoms with van der Waals surface area (Å²) in [7, 11) is -6.87. The number of aliphatic carboxylic acids is 1. The smallest absolute Gasteiger partial charge is 0.373 e. The molecule has 4 heterocycles. The molecule has 8 rings (SSSR count). The Hall–Kier alpha value is -4.99. The van der Waals surface area contributed by atoms with Crippen molar-refractivity contribution in [2.24, 2.45) is 10.8 Å². The van der Waals surface area contributed by atoms with Crippen LogP contribution in [0.25, 0.3) is 0 Å². The Kier molecular flexibility index (Phi) is 15.3. The number of hydrogen-bond donors (Lipinski definition) is 1. The van der Waals surface area contributed by atoms with Crippen LogP contribution in [0.5, 0.6) is 0 Å². The zero-order valence-electron chi connectivity index (χ0n) is 39.4. The fourth-order valence-corrected chi connectivity index (χ4v) is 13.3. The number of sulfonamides is 2. The van der Waals surface area contributed by atoms with Crippen molar-refractivity contribution >= 4 is 43.7 Å². The lowest BCUT2D eigenvalue weighted by Crippen LogP contribution is -2.29. The predicted octanol–water partition coefficient (Wildman–Crippen LogP) is 7.56. The molecule has 0 spiro atoms. The van der Waals surface area contributed by atoms with E-state index in [0.717, 1.165) is 84.3 Å². The maximum atomic E-state index is 13.1. The molecule has 4 aromatic rings. The van der Waals surface area contributed by atoms with E-state index in [9.17, 15) is 36.3 Å². The van der Waals surface area contributed by atoms with E-state index >= 15 is 0 Å². The first-order chi connectivity index (χ1) is 31.0. The van der Waals surface area contributed by atoms with Gasteiger partial charge in [0.1, 0.15) is 6.54 Å². The van der Waals surface area contributed by atoms with Crippen LogP contribution in [0.1, 0.15) is 145 Å². The number of benzene rings is 2. The summed E-state index contributed by atoms with van der Waals surface area (Å²) in [6.45, 7) is 17.6. The second kappa shape index (κ2) is 20.1. The fraction of sp³-hybridized carbons (Fsp3) is 0.520. The molecule has 0 bridgehead atoms. The third-order valence-electron chi connectivity index (χ3n) is 13.4. The molecule has 0 saturated carbocycles. The average Bonchev–Trinajstić information content (AvgIpc) is 4.06. The minimum Gasteiger partial charge on any atom is -0.480 e. The van der Waals surface area contributed by atoms with Crippen molar-refractivity contribution in [3.05, 3.63) is 105 Å². The highest BCUT2D eigenvalue weighted by Crippen LogP contribution is 2.41. The summed E-state index contributed by atoms with van der Waals surface area (Å²) in [5, 5.41) is 9.42. The predicted molar refractivity (Wildman–Crippen MR) is 249 cm³/mol. The Morgan fingerprint density at radius 1 is 0.621 bits per heavy atom. The highest BCUT2D eigenvalue weighted by molar-refractivity contribution is 7.89. The van der Waals surface area contributed by atoms with Gasteiger partial charge >= 0.3 is 12.1 Å². The van der Waals surface area contributed by atoms with Gasteiger partial charge in [-0.2, -0.15) is 18.2 Å². The molecule has 2 aliphatic heterocycles. The Labute approximate surface area is 389 Å². The van der Waals surface area contributed by atoms with Crippen molar-refractivity contribution in [1.29, 1.82) is 0 Å². The highest BCUT2D eigenvalue weighted by Gasteiger charge is 2.38. The van der Waals surface area contributed by atoms with Gasteiger partial charge in [-0.15, -0.1) is 0 Å². The van der Waals surface area contributed by atoms with E-state index in [1.54, 1.807) is 45.3 Å². The van der Waals surface area contributed by atoms with Crippen LogP contribution in [-0.4, -0.2) is 89.6 Å². The highest BCUT2D eigenvalue weighted by atomic mass is 32.2. The zero-order chi connectivity index (χ0) is 48.4. The van der Waals surface area contributed by atoms with E-state index in [1.807, 2.05) is 32.9 Å². The number of carbonyl (C=O) groups excluding carboxylic acids is 4. The van der Waals surface area contributed by atoms with Gasteiger partial charge in [-0.05, 0) is 129 Å². The number of hydrogen-bond acceptors (Lipinski definition) is 9. The molecule has 66 heavy (non-hydrogen) atoms. The standard InChI is InChI=1S/C25H34N2O3S.C24H30N2O5S.CO2/c1-5-12-27-18(2)21(24-22(27)16-25(3,4)17-23(24)28)15-19-8-10-20(11-9-19)31(29,30)26-13-6-7-14-26;1-16-19(23-20(26(16)15-22(28)29)13-24(2,3)14-21(23)27)12-17-6-8-18(9-7-17)32(30,31)25-10-4-5-11-25;2-1-3/h8-11H,5-7,12-17H2,1-4H3;6-9H,4-5,10-15H2,1-3H3,(H,28,29);. The first-order valence-corrected chi connectivity index (χ1v) is 25.8. The van der Waals surface area contributed by atoms with Crippen molar-refractivity contribution in [3.63, 3.8) is 0 Å². The van der Waals surface area contributed by atoms with Gasteiger partial charge in [-0.25, -0.2) is 16.8 Å². The van der Waals surface area contributed by atoms with Gasteiger partial charge in [0.25, 0.3) is 0 Å². The summed E-state index contributed by atoms with van der Waals surface area (Å²) in [5.74, 6) is -0.649. The van der Waals surface area contributed by atoms with Gasteiger partial charge in [-0.1, -0.05) is 58.9 Å². The summed E-state index contributed by atoms with van der Waals surface area (Å²) in [4.78, 5) is 54.5. The van der Waals surface area contributed by atoms with Crippen LogP contribution in [-0.2, 0) is 73.2 Å². The van der Waals surface area contributed by atoms with Crippen LogP contribution in [0.15, 0.2) is 58.3 Å². The maximum absolute atomic E-state index is 13.1. The molecule has 0 amide bonds. The first kappa shape index (κ1) is 50.4. The lowest BCUT2D eigenvalue weighted by atomic mass is 9.75. The van der Waals surface area contributed by atoms with E-state index < -0.39 is 26.0 Å². The third-order valence-corrected chi connectivity index (χ3v) is 17.2. The fourth-order valence-electron chi connectivity index (χ4n) is 10.2. The van der Waals surface area contributed by atoms with E-state index in [2.05, 4.69) is 32.3 Å². The Bertz CT molecular complexity index is 2730. The molecule has 14 nitrogen and oxygen atoms in total. The molecule has 0 radical (unpaired) electrons. The van der Waals surface area contributed by atoms with Gasteiger partial charge in [-0.3, -0.25) is 14.4 Å². The molecule has 2 aliphatic carbocycles. The molecule has 2 fully saturated rings. The zero-order valence-corrected chi connectivity index (χ0v) is 41.0. The monoisotopic (exact) mass is 944 g/mol. The van der Waals surface area contributed by atoms with Crippen LogP contribution < -0.4 is 0 Å². The molecule has 16 heteroatoms. The molecule has 2 aromatic heterocycles. The Morgan fingerprint density at radius 3 is 1.32 bits per heavy atom. The molecular formula is C50H64N4O10S2. The minimum absolute atomic E-state index is 0.0107. The van der Waals surface area contributed by atoms with E-state index in [1.165, 1.54) is 15.7 Å². The number of carbonyl (C=O) groups is 3. The maximum Gasteiger partial charge on any atom is 0.373 e. The lowest BCUT2D eigenvalue weighted by molar-refractivity contribution is -0.191. The Morgan fingerprint density at radius 2 is 0.970 bits per heavy atom. The number of fused-ring (bicyclic) bond motifs is 2. The number of carboxylic acids is 1. The van der Waals surface area contributed by atoms with Crippen LogP contribution in [0.2, 0.25) is 0 Å². The van der Waals surface area contributed by atoms with Crippen molar-refractivity contribution in [2.45, 2.75) is 142 Å². The average molecular weight is 945 g/mol. The molecule has 2 saturated heterocycles. The van der Waals surface area contributed by atoms with Crippen molar-refractivity contribution < 1.29 is 45.9 Å². The number of aromatic nitrogens is 2. The number of nitrogens with zero attached hydrogens (tertiary/aromatic N) is 4. The summed E-state index contributed by atoms with van der Waals surface area (Å²) >= 11 is 0. The second-order valence-electron chi connectivity index (χ2n) is 19.7. The summed E-state index contributed by atoms with van der Waals surface area (Å²) in [5.41, 5.74) is 9.17. The van der Waals surface area contributed by atoms with Crippen LogP contribution >= 0.6 is 0 Å². The minimum atomic E-state index is -3.47. The van der Waals surface area contributed by atoms with Gasteiger partial charge in [0, 0.05) is 79.5 Å². The molecule has 4 aliphatic rings. The normalized spacial score (nSPS) is 18.1. The Balaban J connectivity index is 0.000000206. The van der Waals surface area contributed by atoms with Crippen molar-refractivity contribution in [3.8, 4) is 0 Å². The number of Topliss-reactive ketones (excluding diaryl/α,β-unsaturated/α-hetero) is 2. The van der Waals surface area contributed by atoms with Crippen molar-refractivity contribution in [2.75, 3.05) is 26.2 Å². The number of rotatable bonds is 12. The van der Waals surface area contributed by atoms with Crippen LogP contribution in [0, 0.1) is 24.7 Å².